The highest BCUT2D eigenvalue weighted by Gasteiger charge is 2.46. The minimum atomic E-state index is -1.09. The third-order valence-corrected chi connectivity index (χ3v) is 6.31. The number of pyridine rings is 1. The van der Waals surface area contributed by atoms with Crippen LogP contribution in [0.4, 0.5) is 0 Å². The highest BCUT2D eigenvalue weighted by atomic mass is 16.6. The molecule has 1 N–H and O–H groups in total. The fourth-order valence-corrected chi connectivity index (χ4v) is 4.59. The molecule has 0 unspecified atom stereocenters. The number of aromatic nitrogens is 1. The van der Waals surface area contributed by atoms with Gasteiger partial charge in [-0.15, -0.1) is 0 Å². The Morgan fingerprint density at radius 3 is 2.36 bits per heavy atom. The number of aliphatic carboxylic acids is 1. The Morgan fingerprint density at radius 1 is 1.11 bits per heavy atom. The van der Waals surface area contributed by atoms with Gasteiger partial charge < -0.3 is 19.5 Å². The maximum Gasteiger partial charge on any atom is 0.326 e. The van der Waals surface area contributed by atoms with Crippen LogP contribution in [0.2, 0.25) is 0 Å². The van der Waals surface area contributed by atoms with Gasteiger partial charge in [0.25, 0.3) is 0 Å². The van der Waals surface area contributed by atoms with Gasteiger partial charge in [-0.1, -0.05) is 32.4 Å². The minimum Gasteiger partial charge on any atom is -0.488 e. The summed E-state index contributed by atoms with van der Waals surface area (Å²) in [5.74, 6) is -2.07. The Balaban J connectivity index is 1.87. The first-order valence-electron chi connectivity index (χ1n) is 12.3. The monoisotopic (exact) mass is 498 g/mol. The van der Waals surface area contributed by atoms with Crippen molar-refractivity contribution in [3.05, 3.63) is 35.5 Å². The Bertz CT molecular complexity index is 1160. The Morgan fingerprint density at radius 2 is 1.78 bits per heavy atom. The molecule has 1 aromatic carbocycles. The van der Waals surface area contributed by atoms with Crippen LogP contribution >= 0.6 is 0 Å². The Kier molecular flexibility index (Phi) is 7.67. The lowest BCUT2D eigenvalue weighted by molar-refractivity contribution is -0.161. The number of aryl methyl sites for hydroxylation is 2. The van der Waals surface area contributed by atoms with Crippen molar-refractivity contribution in [3.8, 4) is 5.75 Å². The van der Waals surface area contributed by atoms with Crippen LogP contribution in [0, 0.1) is 25.2 Å². The van der Waals surface area contributed by atoms with E-state index in [4.69, 9.17) is 9.47 Å². The summed E-state index contributed by atoms with van der Waals surface area (Å²) in [4.78, 5) is 44.4. The molecule has 1 amide bonds. The lowest BCUT2D eigenvalue weighted by atomic mass is 9.77. The van der Waals surface area contributed by atoms with Crippen LogP contribution < -0.4 is 4.74 Å². The quantitative estimate of drug-likeness (QED) is 0.577. The van der Waals surface area contributed by atoms with Gasteiger partial charge in [0, 0.05) is 23.6 Å². The summed E-state index contributed by atoms with van der Waals surface area (Å²) >= 11 is 0. The van der Waals surface area contributed by atoms with E-state index in [0.717, 1.165) is 22.2 Å². The van der Waals surface area contributed by atoms with Crippen LogP contribution in [0.25, 0.3) is 10.9 Å². The van der Waals surface area contributed by atoms with Crippen molar-refractivity contribution in [2.75, 3.05) is 6.54 Å². The number of ether oxygens (including phenoxy) is 2. The summed E-state index contributed by atoms with van der Waals surface area (Å²) in [7, 11) is 0. The van der Waals surface area contributed by atoms with Gasteiger partial charge in [0.2, 0.25) is 5.91 Å². The molecule has 0 aliphatic carbocycles. The lowest BCUT2D eigenvalue weighted by Crippen LogP contribution is -2.47. The smallest absolute Gasteiger partial charge is 0.326 e. The Labute approximate surface area is 213 Å². The number of rotatable bonds is 6. The number of hydrogen-bond donors (Lipinski definition) is 1. The predicted molar refractivity (Wildman–Crippen MR) is 137 cm³/mol. The van der Waals surface area contributed by atoms with Crippen LogP contribution in [-0.2, 0) is 19.1 Å². The molecule has 2 heterocycles. The number of hydrogen-bond acceptors (Lipinski definition) is 6. The van der Waals surface area contributed by atoms with Crippen molar-refractivity contribution in [1.82, 2.24) is 9.88 Å². The summed E-state index contributed by atoms with van der Waals surface area (Å²) in [6.45, 7) is 14.9. The third kappa shape index (κ3) is 6.53. The summed E-state index contributed by atoms with van der Waals surface area (Å²) in [6.07, 6.45) is -0.483. The normalized spacial score (nSPS) is 19.3. The zero-order valence-electron chi connectivity index (χ0n) is 22.5. The van der Waals surface area contributed by atoms with Crippen molar-refractivity contribution in [2.24, 2.45) is 11.3 Å². The van der Waals surface area contributed by atoms with Crippen molar-refractivity contribution < 1.29 is 29.0 Å². The molecule has 2 aromatic rings. The fraction of sp³-hybridized carbons (Fsp3) is 0.571. The van der Waals surface area contributed by atoms with Crippen molar-refractivity contribution in [3.63, 3.8) is 0 Å². The van der Waals surface area contributed by atoms with E-state index in [1.165, 1.54) is 4.90 Å². The van der Waals surface area contributed by atoms with E-state index < -0.39 is 41.0 Å². The zero-order valence-corrected chi connectivity index (χ0v) is 22.5. The van der Waals surface area contributed by atoms with Crippen molar-refractivity contribution in [1.29, 1.82) is 0 Å². The molecule has 1 saturated heterocycles. The maximum absolute atomic E-state index is 13.7. The second kappa shape index (κ2) is 10.1. The highest BCUT2D eigenvalue weighted by molar-refractivity contribution is 5.89. The standard InChI is InChI=1S/C28H38N2O6/c1-16-9-10-21-19(11-16)23(12-17(2)29-21)35-18-13-22(26(33)34)30(15-18)25(32)20(27(3,4)5)14-24(31)36-28(6,7)8/h9-12,18,20,22H,13-15H2,1-8H3,(H,33,34)/t18-,20-,22+/m1/s1. The van der Waals surface area contributed by atoms with Crippen LogP contribution in [0.15, 0.2) is 24.3 Å². The van der Waals surface area contributed by atoms with Crippen molar-refractivity contribution >= 4 is 28.7 Å². The molecule has 3 atom stereocenters. The van der Waals surface area contributed by atoms with E-state index in [9.17, 15) is 19.5 Å². The molecule has 196 valence electrons. The third-order valence-electron chi connectivity index (χ3n) is 6.31. The molecule has 1 aliphatic rings. The van der Waals surface area contributed by atoms with E-state index in [2.05, 4.69) is 4.98 Å². The van der Waals surface area contributed by atoms with E-state index in [0.29, 0.717) is 5.75 Å². The van der Waals surface area contributed by atoms with Crippen LogP contribution in [0.1, 0.15) is 65.6 Å². The first-order valence-corrected chi connectivity index (χ1v) is 12.3. The molecule has 0 saturated carbocycles. The molecule has 0 spiro atoms. The van der Waals surface area contributed by atoms with Gasteiger partial charge in [-0.3, -0.25) is 14.6 Å². The molecular weight excluding hydrogens is 460 g/mol. The van der Waals surface area contributed by atoms with Gasteiger partial charge in [-0.05, 0) is 52.2 Å². The SMILES string of the molecule is Cc1ccc2nc(C)cc(O[C@@H]3C[C@@H](C(=O)O)N(C(=O)[C@@H](CC(=O)OC(C)(C)C)C(C)(C)C)C3)c2c1. The van der Waals surface area contributed by atoms with Crippen LogP contribution in [0.3, 0.4) is 0 Å². The summed E-state index contributed by atoms with van der Waals surface area (Å²) < 4.78 is 11.8. The van der Waals surface area contributed by atoms with Gasteiger partial charge in [-0.2, -0.15) is 0 Å². The molecule has 8 heteroatoms. The average molecular weight is 499 g/mol. The predicted octanol–water partition coefficient (Wildman–Crippen LogP) is 4.68. The number of carbonyl (C=O) groups is 3. The Hall–Kier alpha value is -3.16. The van der Waals surface area contributed by atoms with E-state index in [1.54, 1.807) is 20.8 Å². The molecular formula is C28H38N2O6. The van der Waals surface area contributed by atoms with E-state index in [-0.39, 0.29) is 25.3 Å². The molecule has 1 fully saturated rings. The number of benzene rings is 1. The second-order valence-corrected chi connectivity index (χ2v) is 11.8. The number of amides is 1. The van der Waals surface area contributed by atoms with Crippen LogP contribution in [0.5, 0.6) is 5.75 Å². The molecule has 1 aliphatic heterocycles. The van der Waals surface area contributed by atoms with E-state index >= 15 is 0 Å². The number of carboxylic acid groups (broad SMARTS) is 1. The maximum atomic E-state index is 13.7. The number of carboxylic acids is 1. The van der Waals surface area contributed by atoms with Gasteiger partial charge in [0.1, 0.15) is 23.5 Å². The minimum absolute atomic E-state index is 0.116. The number of nitrogens with zero attached hydrogens (tertiary/aromatic N) is 2. The lowest BCUT2D eigenvalue weighted by Gasteiger charge is -2.34. The first kappa shape index (κ1) is 27.4. The summed E-state index contributed by atoms with van der Waals surface area (Å²) in [5, 5.41) is 10.8. The number of fused-ring (bicyclic) bond motifs is 1. The molecule has 36 heavy (non-hydrogen) atoms. The molecule has 3 rings (SSSR count). The first-order chi connectivity index (χ1) is 16.5. The van der Waals surface area contributed by atoms with Crippen molar-refractivity contribution in [2.45, 2.75) is 86.0 Å². The molecule has 0 bridgehead atoms. The summed E-state index contributed by atoms with van der Waals surface area (Å²) in [5.41, 5.74) is 1.38. The molecule has 0 radical (unpaired) electrons. The topological polar surface area (TPSA) is 106 Å². The average Bonchev–Trinajstić information content (AvgIpc) is 3.14. The number of esters is 1. The number of carbonyl (C=O) groups excluding carboxylic acids is 2. The van der Waals surface area contributed by atoms with Gasteiger partial charge in [0.05, 0.1) is 24.4 Å². The largest absolute Gasteiger partial charge is 0.488 e. The molecule has 8 nitrogen and oxygen atoms in total. The van der Waals surface area contributed by atoms with Gasteiger partial charge >= 0.3 is 11.9 Å². The van der Waals surface area contributed by atoms with Crippen LogP contribution in [-0.4, -0.2) is 57.1 Å². The summed E-state index contributed by atoms with van der Waals surface area (Å²) in [6, 6.07) is 6.69. The second-order valence-electron chi connectivity index (χ2n) is 11.8. The highest BCUT2D eigenvalue weighted by Crippen LogP contribution is 2.35. The zero-order chi connectivity index (χ0) is 27.0. The van der Waals surface area contributed by atoms with Gasteiger partial charge in [0.15, 0.2) is 0 Å². The molecule has 1 aromatic heterocycles. The van der Waals surface area contributed by atoms with Gasteiger partial charge in [-0.25, -0.2) is 4.79 Å². The van der Waals surface area contributed by atoms with E-state index in [1.807, 2.05) is 58.9 Å². The fourth-order valence-electron chi connectivity index (χ4n) is 4.59. The number of likely N-dealkylation sites (tertiary alicyclic amines) is 1.